The summed E-state index contributed by atoms with van der Waals surface area (Å²) < 4.78 is 6.68. The highest BCUT2D eigenvalue weighted by molar-refractivity contribution is 6.29. The molecule has 0 bridgehead atoms. The summed E-state index contributed by atoms with van der Waals surface area (Å²) >= 11 is 6.11. The molecule has 4 rings (SSSR count). The molecule has 22 heavy (non-hydrogen) atoms. The molecule has 9 heteroatoms. The van der Waals surface area contributed by atoms with Gasteiger partial charge < -0.3 is 10.1 Å². The molecule has 0 amide bonds. The molecule has 1 fully saturated rings. The third kappa shape index (κ3) is 2.31. The maximum Gasteiger partial charge on any atom is 0.233 e. The van der Waals surface area contributed by atoms with Gasteiger partial charge in [0, 0.05) is 18.1 Å². The molecule has 112 valence electrons. The molecule has 0 unspecified atom stereocenters. The van der Waals surface area contributed by atoms with Crippen molar-refractivity contribution in [3.63, 3.8) is 0 Å². The maximum atomic E-state index is 6.11. The molecule has 0 radical (unpaired) electrons. The Bertz CT molecular complexity index is 828. The average molecular weight is 318 g/mol. The SMILES string of the molecule is COc1ccc(Nc2cc(Cl)nn3c(C4CC4)nnc23)nn1. The number of nitrogens with one attached hydrogen (secondary N) is 1. The number of methoxy groups -OCH3 is 1. The third-order valence-electron chi connectivity index (χ3n) is 3.42. The monoisotopic (exact) mass is 317 g/mol. The molecule has 0 saturated heterocycles. The molecule has 1 aliphatic rings. The minimum absolute atomic E-state index is 0.359. The quantitative estimate of drug-likeness (QED) is 0.788. The van der Waals surface area contributed by atoms with E-state index in [1.54, 1.807) is 29.8 Å². The van der Waals surface area contributed by atoms with Crippen molar-refractivity contribution in [1.29, 1.82) is 0 Å². The number of ether oxygens (including phenoxy) is 1. The fourth-order valence-corrected chi connectivity index (χ4v) is 2.37. The van der Waals surface area contributed by atoms with Crippen molar-refractivity contribution in [2.24, 2.45) is 0 Å². The van der Waals surface area contributed by atoms with E-state index in [1.165, 1.54) is 0 Å². The zero-order valence-electron chi connectivity index (χ0n) is 11.7. The molecule has 0 aromatic carbocycles. The Morgan fingerprint density at radius 1 is 1.23 bits per heavy atom. The minimum atomic E-state index is 0.359. The summed E-state index contributed by atoms with van der Waals surface area (Å²) in [7, 11) is 1.54. The van der Waals surface area contributed by atoms with Gasteiger partial charge in [-0.15, -0.1) is 20.4 Å². The van der Waals surface area contributed by atoms with Gasteiger partial charge in [0.15, 0.2) is 16.8 Å². The smallest absolute Gasteiger partial charge is 0.233 e. The Labute approximate surface area is 130 Å². The van der Waals surface area contributed by atoms with Crippen molar-refractivity contribution in [2.75, 3.05) is 12.4 Å². The molecule has 1 N–H and O–H groups in total. The second-order valence-electron chi connectivity index (χ2n) is 5.03. The van der Waals surface area contributed by atoms with Gasteiger partial charge in [-0.25, -0.2) is 0 Å². The van der Waals surface area contributed by atoms with Crippen molar-refractivity contribution in [3.05, 3.63) is 29.2 Å². The van der Waals surface area contributed by atoms with Crippen LogP contribution in [0.4, 0.5) is 11.5 Å². The molecule has 0 aliphatic heterocycles. The molecule has 1 aliphatic carbocycles. The number of nitrogens with zero attached hydrogens (tertiary/aromatic N) is 6. The van der Waals surface area contributed by atoms with Gasteiger partial charge in [-0.3, -0.25) is 0 Å². The van der Waals surface area contributed by atoms with Gasteiger partial charge in [0.1, 0.15) is 0 Å². The Kier molecular flexibility index (Phi) is 3.04. The normalized spacial score (nSPS) is 14.3. The number of aromatic nitrogens is 6. The first-order valence-electron chi connectivity index (χ1n) is 6.81. The number of rotatable bonds is 4. The van der Waals surface area contributed by atoms with E-state index in [4.69, 9.17) is 16.3 Å². The van der Waals surface area contributed by atoms with Crippen LogP contribution in [-0.4, -0.2) is 37.1 Å². The van der Waals surface area contributed by atoms with Crippen LogP contribution in [0, 0.1) is 0 Å². The molecular formula is C13H12ClN7O. The van der Waals surface area contributed by atoms with Crippen LogP contribution < -0.4 is 10.1 Å². The highest BCUT2D eigenvalue weighted by Crippen LogP contribution is 2.39. The van der Waals surface area contributed by atoms with E-state index < -0.39 is 0 Å². The lowest BCUT2D eigenvalue weighted by atomic mass is 10.4. The molecular weight excluding hydrogens is 306 g/mol. The van der Waals surface area contributed by atoms with Gasteiger partial charge in [0.05, 0.1) is 12.8 Å². The van der Waals surface area contributed by atoms with Crippen LogP contribution in [0.3, 0.4) is 0 Å². The lowest BCUT2D eigenvalue weighted by Crippen LogP contribution is -2.03. The van der Waals surface area contributed by atoms with E-state index in [0.717, 1.165) is 18.7 Å². The van der Waals surface area contributed by atoms with Crippen LogP contribution in [0.25, 0.3) is 5.65 Å². The van der Waals surface area contributed by atoms with Crippen LogP contribution in [0.15, 0.2) is 18.2 Å². The number of fused-ring (bicyclic) bond motifs is 1. The highest BCUT2D eigenvalue weighted by Gasteiger charge is 2.30. The molecule has 3 aromatic heterocycles. The first-order chi connectivity index (χ1) is 10.7. The summed E-state index contributed by atoms with van der Waals surface area (Å²) in [6.45, 7) is 0. The molecule has 0 atom stereocenters. The Balaban J connectivity index is 1.73. The Morgan fingerprint density at radius 2 is 2.09 bits per heavy atom. The number of anilines is 2. The predicted molar refractivity (Wildman–Crippen MR) is 79.6 cm³/mol. The molecule has 3 heterocycles. The summed E-state index contributed by atoms with van der Waals surface area (Å²) in [4.78, 5) is 0. The van der Waals surface area contributed by atoms with Crippen molar-refractivity contribution >= 4 is 28.8 Å². The summed E-state index contributed by atoms with van der Waals surface area (Å²) in [5, 5.41) is 24.2. The summed E-state index contributed by atoms with van der Waals surface area (Å²) in [5.74, 6) is 2.28. The molecule has 8 nitrogen and oxygen atoms in total. The Hall–Kier alpha value is -2.48. The fraction of sp³-hybridized carbons (Fsp3) is 0.308. The molecule has 3 aromatic rings. The van der Waals surface area contributed by atoms with Crippen LogP contribution in [0.5, 0.6) is 5.88 Å². The lowest BCUT2D eigenvalue weighted by Gasteiger charge is -2.07. The van der Waals surface area contributed by atoms with E-state index in [1.807, 2.05) is 0 Å². The second kappa shape index (κ2) is 5.06. The van der Waals surface area contributed by atoms with Crippen LogP contribution in [0.1, 0.15) is 24.6 Å². The fourth-order valence-electron chi connectivity index (χ4n) is 2.19. The summed E-state index contributed by atoms with van der Waals surface area (Å²) in [6, 6.07) is 5.16. The van der Waals surface area contributed by atoms with E-state index in [2.05, 4.69) is 30.8 Å². The van der Waals surface area contributed by atoms with Gasteiger partial charge >= 0.3 is 0 Å². The van der Waals surface area contributed by atoms with Gasteiger partial charge in [0.2, 0.25) is 11.5 Å². The highest BCUT2D eigenvalue weighted by atomic mass is 35.5. The van der Waals surface area contributed by atoms with Crippen LogP contribution >= 0.6 is 11.6 Å². The van der Waals surface area contributed by atoms with Gasteiger partial charge in [-0.05, 0) is 18.9 Å². The number of halogens is 1. The van der Waals surface area contributed by atoms with E-state index in [-0.39, 0.29) is 0 Å². The zero-order valence-corrected chi connectivity index (χ0v) is 12.4. The number of hydrogen-bond donors (Lipinski definition) is 1. The zero-order chi connectivity index (χ0) is 15.1. The minimum Gasteiger partial charge on any atom is -0.480 e. The average Bonchev–Trinajstić information content (AvgIpc) is 3.28. The van der Waals surface area contributed by atoms with E-state index >= 15 is 0 Å². The summed E-state index contributed by atoms with van der Waals surface area (Å²) in [5.41, 5.74) is 1.29. The summed E-state index contributed by atoms with van der Waals surface area (Å²) in [6.07, 6.45) is 2.23. The predicted octanol–water partition coefficient (Wildman–Crippen LogP) is 2.20. The van der Waals surface area contributed by atoms with E-state index in [9.17, 15) is 0 Å². The van der Waals surface area contributed by atoms with Gasteiger partial charge in [0.25, 0.3) is 0 Å². The third-order valence-corrected chi connectivity index (χ3v) is 3.60. The standard InChI is InChI=1S/C13H12ClN7O/c1-22-11-5-4-10(16-17-11)15-8-6-9(14)20-21-12(7-2-3-7)18-19-13(8)21/h4-7H,2-3H2,1H3,(H,15,16). The topological polar surface area (TPSA) is 90.1 Å². The lowest BCUT2D eigenvalue weighted by molar-refractivity contribution is 0.392. The van der Waals surface area contributed by atoms with E-state index in [0.29, 0.717) is 34.1 Å². The molecule has 1 saturated carbocycles. The largest absolute Gasteiger partial charge is 0.480 e. The van der Waals surface area contributed by atoms with Gasteiger partial charge in [-0.2, -0.15) is 9.61 Å². The van der Waals surface area contributed by atoms with Gasteiger partial charge in [-0.1, -0.05) is 11.6 Å². The van der Waals surface area contributed by atoms with Crippen molar-refractivity contribution < 1.29 is 4.74 Å². The van der Waals surface area contributed by atoms with Crippen molar-refractivity contribution in [3.8, 4) is 5.88 Å². The number of hydrogen-bond acceptors (Lipinski definition) is 7. The Morgan fingerprint density at radius 3 is 2.77 bits per heavy atom. The van der Waals surface area contributed by atoms with Crippen LogP contribution in [0.2, 0.25) is 5.15 Å². The van der Waals surface area contributed by atoms with Crippen molar-refractivity contribution in [1.82, 2.24) is 30.0 Å². The first-order valence-corrected chi connectivity index (χ1v) is 7.19. The first kappa shape index (κ1) is 13.2. The second-order valence-corrected chi connectivity index (χ2v) is 5.42. The molecule has 0 spiro atoms. The maximum absolute atomic E-state index is 6.11. The van der Waals surface area contributed by atoms with Crippen LogP contribution in [-0.2, 0) is 0 Å². The van der Waals surface area contributed by atoms with Crippen molar-refractivity contribution in [2.45, 2.75) is 18.8 Å².